The number of rotatable bonds is 0. The van der Waals surface area contributed by atoms with Gasteiger partial charge in [0.25, 0.3) is 0 Å². The van der Waals surface area contributed by atoms with E-state index in [9.17, 15) is 0 Å². The van der Waals surface area contributed by atoms with Crippen LogP contribution in [0.5, 0.6) is 0 Å². The van der Waals surface area contributed by atoms with Crippen LogP contribution in [0.15, 0.2) is 21.2 Å². The molecule has 0 radical (unpaired) electrons. The second kappa shape index (κ2) is 2.32. The normalized spacial score (nSPS) is 41.8. The van der Waals surface area contributed by atoms with E-state index < -0.39 is 4.87 Å². The van der Waals surface area contributed by atoms with Crippen LogP contribution in [0.4, 0.5) is 0 Å². The predicted molar refractivity (Wildman–Crippen MR) is 49.4 cm³/mol. The number of allylic oxidation sites excluding steroid dienone is 4. The highest BCUT2D eigenvalue weighted by Gasteiger charge is 2.50. The van der Waals surface area contributed by atoms with Gasteiger partial charge in [-0.3, -0.25) is 0 Å². The molecule has 0 N–H and O–H groups in total. The van der Waals surface area contributed by atoms with E-state index in [0.29, 0.717) is 21.5 Å². The van der Waals surface area contributed by atoms with Gasteiger partial charge in [-0.05, 0) is 6.42 Å². The zero-order valence-corrected chi connectivity index (χ0v) is 8.40. The molecular formula is C7H4Cl4. The molecule has 2 bridgehead atoms. The maximum atomic E-state index is 6.12. The van der Waals surface area contributed by atoms with Crippen molar-refractivity contribution in [3.8, 4) is 0 Å². The van der Waals surface area contributed by atoms with E-state index >= 15 is 0 Å². The van der Waals surface area contributed by atoms with Crippen LogP contribution < -0.4 is 0 Å². The minimum atomic E-state index is -0.690. The van der Waals surface area contributed by atoms with Crippen molar-refractivity contribution in [2.45, 2.75) is 11.3 Å². The molecule has 2 aliphatic rings. The summed E-state index contributed by atoms with van der Waals surface area (Å²) in [5.74, 6) is 0.147. The largest absolute Gasteiger partial charge is 0.117 e. The monoisotopic (exact) mass is 228 g/mol. The first-order valence-electron chi connectivity index (χ1n) is 3.18. The third-order valence-electron chi connectivity index (χ3n) is 2.11. The molecule has 0 fully saturated rings. The van der Waals surface area contributed by atoms with Gasteiger partial charge in [-0.25, -0.2) is 0 Å². The van der Waals surface area contributed by atoms with E-state index in [4.69, 9.17) is 46.4 Å². The van der Waals surface area contributed by atoms with Gasteiger partial charge in [-0.2, -0.15) is 0 Å². The number of halogens is 4. The Kier molecular flexibility index (Phi) is 1.74. The first-order chi connectivity index (χ1) is 5.05. The Bertz CT molecular complexity index is 278. The van der Waals surface area contributed by atoms with Crippen LogP contribution in [0.2, 0.25) is 0 Å². The second-order valence-corrected chi connectivity index (χ2v) is 4.63. The minimum Gasteiger partial charge on any atom is -0.107 e. The maximum absolute atomic E-state index is 6.12. The molecule has 0 saturated carbocycles. The van der Waals surface area contributed by atoms with Gasteiger partial charge in [-0.15, -0.1) is 11.6 Å². The molecule has 60 valence electrons. The van der Waals surface area contributed by atoms with Crippen LogP contribution in [0.3, 0.4) is 0 Å². The fourth-order valence-corrected chi connectivity index (χ4v) is 2.85. The molecule has 0 spiro atoms. The summed E-state index contributed by atoms with van der Waals surface area (Å²) in [5, 5.41) is 1.75. The summed E-state index contributed by atoms with van der Waals surface area (Å²) < 4.78 is 0. The van der Waals surface area contributed by atoms with E-state index in [2.05, 4.69) is 0 Å². The average Bonchev–Trinajstić information content (AvgIpc) is 2.34. The van der Waals surface area contributed by atoms with Gasteiger partial charge in [0, 0.05) is 16.0 Å². The minimum absolute atomic E-state index is 0.147. The van der Waals surface area contributed by atoms with Gasteiger partial charge < -0.3 is 0 Å². The highest BCUT2D eigenvalue weighted by Crippen LogP contribution is 2.58. The highest BCUT2D eigenvalue weighted by atomic mass is 35.5. The number of alkyl halides is 1. The molecule has 0 aromatic heterocycles. The second-order valence-electron chi connectivity index (χ2n) is 2.79. The first kappa shape index (κ1) is 8.25. The SMILES string of the molecule is ClC1=CC2CC1(Cl)C(Cl)=C2Cl. The summed E-state index contributed by atoms with van der Waals surface area (Å²) in [7, 11) is 0. The number of hydrogen-bond donors (Lipinski definition) is 0. The molecule has 2 atom stereocenters. The van der Waals surface area contributed by atoms with Crippen LogP contribution in [-0.4, -0.2) is 4.87 Å². The number of fused-ring (bicyclic) bond motifs is 2. The van der Waals surface area contributed by atoms with Crippen molar-refractivity contribution < 1.29 is 0 Å². The Morgan fingerprint density at radius 2 is 2.00 bits per heavy atom. The third-order valence-corrected chi connectivity index (χ3v) is 4.39. The van der Waals surface area contributed by atoms with Crippen LogP contribution in [0.25, 0.3) is 0 Å². The molecule has 0 amide bonds. The van der Waals surface area contributed by atoms with Crippen LogP contribution >= 0.6 is 46.4 Å². The fourth-order valence-electron chi connectivity index (χ4n) is 1.48. The lowest BCUT2D eigenvalue weighted by Crippen LogP contribution is -2.15. The van der Waals surface area contributed by atoms with Gasteiger partial charge in [0.05, 0.1) is 5.03 Å². The van der Waals surface area contributed by atoms with Crippen LogP contribution in [0.1, 0.15) is 6.42 Å². The van der Waals surface area contributed by atoms with Crippen LogP contribution in [0, 0.1) is 5.92 Å². The van der Waals surface area contributed by atoms with Gasteiger partial charge in [0.2, 0.25) is 0 Å². The van der Waals surface area contributed by atoms with E-state index in [1.54, 1.807) is 0 Å². The summed E-state index contributed by atoms with van der Waals surface area (Å²) in [6, 6.07) is 0. The first-order valence-corrected chi connectivity index (χ1v) is 4.69. The molecule has 2 unspecified atom stereocenters. The Hall–Kier alpha value is 0.640. The fraction of sp³-hybridized carbons (Fsp3) is 0.429. The molecule has 2 aliphatic carbocycles. The average molecular weight is 230 g/mol. The van der Waals surface area contributed by atoms with E-state index in [-0.39, 0.29) is 5.92 Å². The molecule has 0 saturated heterocycles. The summed E-state index contributed by atoms with van der Waals surface area (Å²) in [4.78, 5) is -0.690. The van der Waals surface area contributed by atoms with E-state index in [1.165, 1.54) is 0 Å². The van der Waals surface area contributed by atoms with Gasteiger partial charge >= 0.3 is 0 Å². The quantitative estimate of drug-likeness (QED) is 0.555. The van der Waals surface area contributed by atoms with E-state index in [1.807, 2.05) is 6.08 Å². The predicted octanol–water partition coefficient (Wildman–Crippen LogP) is 3.81. The maximum Gasteiger partial charge on any atom is 0.117 e. The molecular weight excluding hydrogens is 226 g/mol. The van der Waals surface area contributed by atoms with Crippen molar-refractivity contribution in [3.63, 3.8) is 0 Å². The van der Waals surface area contributed by atoms with Crippen molar-refractivity contribution in [1.82, 2.24) is 0 Å². The van der Waals surface area contributed by atoms with Crippen molar-refractivity contribution in [3.05, 3.63) is 21.2 Å². The molecule has 0 aliphatic heterocycles. The standard InChI is InChI=1S/C7H4Cl4/c8-4-1-3-2-7(4,11)6(10)5(3)9/h1,3H,2H2. The molecule has 0 nitrogen and oxygen atoms in total. The summed E-state index contributed by atoms with van der Waals surface area (Å²) in [6.45, 7) is 0. The number of hydrogen-bond acceptors (Lipinski definition) is 0. The van der Waals surface area contributed by atoms with Crippen molar-refractivity contribution in [2.24, 2.45) is 5.92 Å². The zero-order valence-electron chi connectivity index (χ0n) is 5.37. The third kappa shape index (κ3) is 0.904. The summed E-state index contributed by atoms with van der Waals surface area (Å²) in [5.41, 5.74) is 0. The molecule has 2 rings (SSSR count). The lowest BCUT2D eigenvalue weighted by Gasteiger charge is -2.18. The van der Waals surface area contributed by atoms with Crippen molar-refractivity contribution >= 4 is 46.4 Å². The van der Waals surface area contributed by atoms with Gasteiger partial charge in [-0.1, -0.05) is 40.9 Å². The summed E-state index contributed by atoms with van der Waals surface area (Å²) >= 11 is 23.7. The van der Waals surface area contributed by atoms with Crippen molar-refractivity contribution in [1.29, 1.82) is 0 Å². The lowest BCUT2D eigenvalue weighted by molar-refractivity contribution is 0.745. The Morgan fingerprint density at radius 3 is 2.36 bits per heavy atom. The summed E-state index contributed by atoms with van der Waals surface area (Å²) in [6.07, 6.45) is 2.58. The Morgan fingerprint density at radius 1 is 1.36 bits per heavy atom. The van der Waals surface area contributed by atoms with Gasteiger partial charge in [0.15, 0.2) is 0 Å². The topological polar surface area (TPSA) is 0 Å². The molecule has 11 heavy (non-hydrogen) atoms. The Labute approximate surface area is 84.8 Å². The molecule has 0 heterocycles. The zero-order chi connectivity index (χ0) is 8.22. The van der Waals surface area contributed by atoms with E-state index in [0.717, 1.165) is 0 Å². The molecule has 0 aromatic rings. The molecule has 0 aromatic carbocycles. The smallest absolute Gasteiger partial charge is 0.107 e. The Balaban J connectivity index is 2.52. The van der Waals surface area contributed by atoms with Crippen molar-refractivity contribution in [2.75, 3.05) is 0 Å². The molecule has 4 heteroatoms. The lowest BCUT2D eigenvalue weighted by atomic mass is 10.1. The van der Waals surface area contributed by atoms with Gasteiger partial charge in [0.1, 0.15) is 4.87 Å². The van der Waals surface area contributed by atoms with Crippen LogP contribution in [-0.2, 0) is 0 Å². The highest BCUT2D eigenvalue weighted by molar-refractivity contribution is 6.51.